The van der Waals surface area contributed by atoms with E-state index in [1.54, 1.807) is 18.2 Å². The fourth-order valence-electron chi connectivity index (χ4n) is 4.77. The molecule has 236 valence electrons. The van der Waals surface area contributed by atoms with Crippen LogP contribution in [-0.2, 0) is 32.6 Å². The van der Waals surface area contributed by atoms with Crippen molar-refractivity contribution in [1.82, 2.24) is 10.2 Å². The second kappa shape index (κ2) is 15.4. The van der Waals surface area contributed by atoms with Gasteiger partial charge in [0, 0.05) is 19.0 Å². The number of amides is 2. The first kappa shape index (κ1) is 34.0. The first-order valence-electron chi connectivity index (χ1n) is 14.7. The number of carbonyl (C=O) groups excluding carboxylic acids is 2. The molecule has 0 aliphatic rings. The predicted molar refractivity (Wildman–Crippen MR) is 181 cm³/mol. The molecule has 10 heteroatoms. The predicted octanol–water partition coefficient (Wildman–Crippen LogP) is 7.05. The zero-order chi connectivity index (χ0) is 32.6. The maximum Gasteiger partial charge on any atom is 0.264 e. The third kappa shape index (κ3) is 8.87. The van der Waals surface area contributed by atoms with E-state index in [9.17, 15) is 18.0 Å². The van der Waals surface area contributed by atoms with Gasteiger partial charge in [-0.15, -0.1) is 0 Å². The van der Waals surface area contributed by atoms with E-state index < -0.39 is 28.5 Å². The maximum atomic E-state index is 14.5. The van der Waals surface area contributed by atoms with Crippen molar-refractivity contribution in [3.63, 3.8) is 0 Å². The molecule has 0 saturated carbocycles. The molecule has 0 aliphatic heterocycles. The van der Waals surface area contributed by atoms with Gasteiger partial charge in [0.1, 0.15) is 12.6 Å². The molecule has 0 aromatic heterocycles. The molecule has 0 heterocycles. The average Bonchev–Trinajstić information content (AvgIpc) is 3.04. The lowest BCUT2D eigenvalue weighted by atomic mass is 10.0. The Bertz CT molecular complexity index is 1700. The molecule has 2 unspecified atom stereocenters. The molecule has 0 aliphatic carbocycles. The second-order valence-electron chi connectivity index (χ2n) is 11.0. The van der Waals surface area contributed by atoms with E-state index in [2.05, 4.69) is 5.32 Å². The molecule has 4 aromatic rings. The Labute approximate surface area is 275 Å². The van der Waals surface area contributed by atoms with Crippen LogP contribution in [0.25, 0.3) is 0 Å². The van der Waals surface area contributed by atoms with Crippen LogP contribution in [0.1, 0.15) is 37.0 Å². The van der Waals surface area contributed by atoms with E-state index in [0.717, 1.165) is 21.0 Å². The number of rotatable bonds is 13. The van der Waals surface area contributed by atoms with Crippen LogP contribution in [-0.4, -0.2) is 43.8 Å². The van der Waals surface area contributed by atoms with Crippen molar-refractivity contribution in [2.24, 2.45) is 0 Å². The molecule has 1 N–H and O–H groups in total. The standard InChI is InChI=1S/C35H37Cl2N3O4S/c1-4-26(3)38-35(42)33(21-27-11-7-5-8-12-27)39(23-28-17-15-25(2)16-18-28)34(41)24-40(29-19-20-31(36)32(37)22-29)45(43,44)30-13-9-6-10-14-30/h5-20,22,26,33H,4,21,23-24H2,1-3H3,(H,38,42). The van der Waals surface area contributed by atoms with Crippen molar-refractivity contribution < 1.29 is 18.0 Å². The molecule has 0 spiro atoms. The van der Waals surface area contributed by atoms with E-state index in [1.807, 2.05) is 75.4 Å². The molecule has 2 amide bonds. The highest BCUT2D eigenvalue weighted by molar-refractivity contribution is 7.92. The molecule has 45 heavy (non-hydrogen) atoms. The van der Waals surface area contributed by atoms with Crippen LogP contribution in [0.15, 0.2) is 108 Å². The number of anilines is 1. The Hall–Kier alpha value is -3.85. The SMILES string of the molecule is CCC(C)NC(=O)C(Cc1ccccc1)N(Cc1ccc(C)cc1)C(=O)CN(c1ccc(Cl)c(Cl)c1)S(=O)(=O)c1ccccc1. The summed E-state index contributed by atoms with van der Waals surface area (Å²) in [6.07, 6.45) is 0.940. The molecule has 4 aromatic carbocycles. The summed E-state index contributed by atoms with van der Waals surface area (Å²) in [5.41, 5.74) is 2.88. The first-order valence-corrected chi connectivity index (χ1v) is 16.9. The van der Waals surface area contributed by atoms with Crippen LogP contribution in [0.5, 0.6) is 0 Å². The summed E-state index contributed by atoms with van der Waals surface area (Å²) < 4.78 is 29.1. The second-order valence-corrected chi connectivity index (χ2v) is 13.6. The van der Waals surface area contributed by atoms with Gasteiger partial charge in [-0.25, -0.2) is 8.42 Å². The Morgan fingerprint density at radius 1 is 0.822 bits per heavy atom. The number of nitrogens with one attached hydrogen (secondary N) is 1. The molecular formula is C35H37Cl2N3O4S. The quantitative estimate of drug-likeness (QED) is 0.166. The number of aryl methyl sites for hydroxylation is 1. The van der Waals surface area contributed by atoms with Gasteiger partial charge in [0.2, 0.25) is 11.8 Å². The average molecular weight is 667 g/mol. The first-order chi connectivity index (χ1) is 21.5. The van der Waals surface area contributed by atoms with E-state index in [-0.39, 0.29) is 45.5 Å². The fourth-order valence-corrected chi connectivity index (χ4v) is 6.49. The van der Waals surface area contributed by atoms with Gasteiger partial charge in [0.25, 0.3) is 10.0 Å². The minimum absolute atomic E-state index is 0.00399. The van der Waals surface area contributed by atoms with Gasteiger partial charge in [-0.1, -0.05) is 108 Å². The normalized spacial score (nSPS) is 12.6. The molecule has 0 saturated heterocycles. The lowest BCUT2D eigenvalue weighted by Gasteiger charge is -2.34. The van der Waals surface area contributed by atoms with Gasteiger partial charge in [-0.3, -0.25) is 13.9 Å². The molecule has 7 nitrogen and oxygen atoms in total. The number of benzene rings is 4. The van der Waals surface area contributed by atoms with Crippen molar-refractivity contribution in [2.45, 2.75) is 57.1 Å². The highest BCUT2D eigenvalue weighted by atomic mass is 35.5. The number of sulfonamides is 1. The van der Waals surface area contributed by atoms with Crippen molar-refractivity contribution in [2.75, 3.05) is 10.8 Å². The fraction of sp³-hybridized carbons (Fsp3) is 0.257. The maximum absolute atomic E-state index is 14.5. The zero-order valence-electron chi connectivity index (χ0n) is 25.5. The van der Waals surface area contributed by atoms with Crippen LogP contribution in [0, 0.1) is 6.92 Å². The van der Waals surface area contributed by atoms with Crippen molar-refractivity contribution in [3.05, 3.63) is 130 Å². The third-order valence-electron chi connectivity index (χ3n) is 7.55. The Morgan fingerprint density at radius 3 is 2.04 bits per heavy atom. The Balaban J connectivity index is 1.81. The van der Waals surface area contributed by atoms with E-state index >= 15 is 0 Å². The minimum atomic E-state index is -4.24. The van der Waals surface area contributed by atoms with Gasteiger partial charge >= 0.3 is 0 Å². The summed E-state index contributed by atoms with van der Waals surface area (Å²) in [5, 5.41) is 3.42. The van der Waals surface area contributed by atoms with Crippen LogP contribution in [0.3, 0.4) is 0 Å². The van der Waals surface area contributed by atoms with E-state index in [4.69, 9.17) is 23.2 Å². The lowest BCUT2D eigenvalue weighted by molar-refractivity contribution is -0.140. The highest BCUT2D eigenvalue weighted by Crippen LogP contribution is 2.31. The summed E-state index contributed by atoms with van der Waals surface area (Å²) in [4.78, 5) is 29.9. The summed E-state index contributed by atoms with van der Waals surface area (Å²) in [6, 6.07) is 28.3. The molecular weight excluding hydrogens is 629 g/mol. The zero-order valence-corrected chi connectivity index (χ0v) is 27.8. The van der Waals surface area contributed by atoms with Gasteiger partial charge in [-0.2, -0.15) is 0 Å². The van der Waals surface area contributed by atoms with Crippen LogP contribution in [0.4, 0.5) is 5.69 Å². The van der Waals surface area contributed by atoms with E-state index in [1.165, 1.54) is 35.2 Å². The Morgan fingerprint density at radius 2 is 1.44 bits per heavy atom. The lowest BCUT2D eigenvalue weighted by Crippen LogP contribution is -2.54. The highest BCUT2D eigenvalue weighted by Gasteiger charge is 2.35. The molecule has 2 atom stereocenters. The number of halogens is 2. The summed E-state index contributed by atoms with van der Waals surface area (Å²) in [6.45, 7) is 5.35. The molecule has 4 rings (SSSR count). The summed E-state index contributed by atoms with van der Waals surface area (Å²) >= 11 is 12.5. The largest absolute Gasteiger partial charge is 0.352 e. The van der Waals surface area contributed by atoms with Gasteiger partial charge in [0.05, 0.1) is 20.6 Å². The summed E-state index contributed by atoms with van der Waals surface area (Å²) in [5.74, 6) is -0.873. The van der Waals surface area contributed by atoms with Crippen molar-refractivity contribution >= 4 is 50.7 Å². The summed E-state index contributed by atoms with van der Waals surface area (Å²) in [7, 11) is -4.24. The van der Waals surface area contributed by atoms with Crippen LogP contribution >= 0.6 is 23.2 Å². The van der Waals surface area contributed by atoms with Crippen molar-refractivity contribution in [3.8, 4) is 0 Å². The molecule has 0 bridgehead atoms. The topological polar surface area (TPSA) is 86.8 Å². The van der Waals surface area contributed by atoms with Gasteiger partial charge < -0.3 is 10.2 Å². The monoisotopic (exact) mass is 665 g/mol. The van der Waals surface area contributed by atoms with Gasteiger partial charge in [-0.05, 0) is 61.7 Å². The molecule has 0 radical (unpaired) electrons. The Kier molecular flexibility index (Phi) is 11.7. The van der Waals surface area contributed by atoms with E-state index in [0.29, 0.717) is 6.42 Å². The third-order valence-corrected chi connectivity index (χ3v) is 10.1. The van der Waals surface area contributed by atoms with Crippen molar-refractivity contribution in [1.29, 1.82) is 0 Å². The molecule has 0 fully saturated rings. The van der Waals surface area contributed by atoms with Gasteiger partial charge in [0.15, 0.2) is 0 Å². The van der Waals surface area contributed by atoms with Crippen LogP contribution in [0.2, 0.25) is 10.0 Å². The smallest absolute Gasteiger partial charge is 0.264 e. The number of carbonyl (C=O) groups is 2. The number of nitrogens with zero attached hydrogens (tertiary/aromatic N) is 2. The number of hydrogen-bond acceptors (Lipinski definition) is 4. The van der Waals surface area contributed by atoms with Crippen LogP contribution < -0.4 is 9.62 Å². The minimum Gasteiger partial charge on any atom is -0.352 e. The number of hydrogen-bond donors (Lipinski definition) is 1.